The Morgan fingerprint density at radius 3 is 2.46 bits per heavy atom. The number of amides is 2. The quantitative estimate of drug-likeness (QED) is 0.451. The van der Waals surface area contributed by atoms with E-state index < -0.39 is 28.5 Å². The molecule has 0 saturated heterocycles. The lowest BCUT2D eigenvalue weighted by atomic mass is 10.1. The first-order valence-electron chi connectivity index (χ1n) is 12.5. The molecular formula is C27H36ClN3O5S. The Morgan fingerprint density at radius 1 is 1.16 bits per heavy atom. The lowest BCUT2D eigenvalue weighted by Gasteiger charge is -2.33. The average molecular weight is 550 g/mol. The highest BCUT2D eigenvalue weighted by molar-refractivity contribution is 7.92. The van der Waals surface area contributed by atoms with Crippen molar-refractivity contribution in [3.05, 3.63) is 58.6 Å². The molecule has 0 aromatic heterocycles. The zero-order valence-corrected chi connectivity index (χ0v) is 23.4. The van der Waals surface area contributed by atoms with Crippen LogP contribution in [0.4, 0.5) is 5.69 Å². The first-order chi connectivity index (χ1) is 17.5. The largest absolute Gasteiger partial charge is 0.497 e. The van der Waals surface area contributed by atoms with Gasteiger partial charge in [-0.05, 0) is 61.6 Å². The molecule has 37 heavy (non-hydrogen) atoms. The van der Waals surface area contributed by atoms with Gasteiger partial charge in [-0.15, -0.1) is 0 Å². The average Bonchev–Trinajstić information content (AvgIpc) is 3.36. The van der Waals surface area contributed by atoms with Crippen molar-refractivity contribution in [2.75, 3.05) is 24.2 Å². The number of carbonyl (C=O) groups is 2. The Bertz CT molecular complexity index is 1210. The molecule has 10 heteroatoms. The summed E-state index contributed by atoms with van der Waals surface area (Å²) in [4.78, 5) is 28.7. The van der Waals surface area contributed by atoms with Gasteiger partial charge in [0.1, 0.15) is 18.3 Å². The van der Waals surface area contributed by atoms with Crippen molar-refractivity contribution in [1.29, 1.82) is 0 Å². The van der Waals surface area contributed by atoms with Crippen molar-refractivity contribution in [1.82, 2.24) is 10.2 Å². The Morgan fingerprint density at radius 2 is 1.84 bits per heavy atom. The lowest BCUT2D eigenvalue weighted by Crippen LogP contribution is -2.53. The number of carbonyl (C=O) groups excluding carboxylic acids is 2. The molecule has 1 aliphatic carbocycles. The maximum atomic E-state index is 13.8. The Kier molecular flexibility index (Phi) is 9.84. The molecule has 2 amide bonds. The van der Waals surface area contributed by atoms with Crippen molar-refractivity contribution >= 4 is 39.1 Å². The SMILES string of the molecule is CC[C@@H](C(=O)NC1CCCC1)N(Cc1cccc(OC)c1)C(=O)CN(c1cccc(Cl)c1C)S(C)(=O)=O. The summed E-state index contributed by atoms with van der Waals surface area (Å²) in [6.45, 7) is 3.22. The van der Waals surface area contributed by atoms with E-state index in [2.05, 4.69) is 5.32 Å². The number of hydrogen-bond acceptors (Lipinski definition) is 5. The summed E-state index contributed by atoms with van der Waals surface area (Å²) >= 11 is 6.26. The van der Waals surface area contributed by atoms with E-state index >= 15 is 0 Å². The highest BCUT2D eigenvalue weighted by Gasteiger charge is 2.33. The summed E-state index contributed by atoms with van der Waals surface area (Å²) in [6.07, 6.45) is 5.40. The molecule has 0 bridgehead atoms. The number of benzene rings is 2. The van der Waals surface area contributed by atoms with Crippen LogP contribution in [-0.2, 0) is 26.2 Å². The molecule has 1 fully saturated rings. The molecule has 0 spiro atoms. The van der Waals surface area contributed by atoms with Crippen molar-refractivity contribution in [3.63, 3.8) is 0 Å². The fourth-order valence-corrected chi connectivity index (χ4v) is 5.79. The third kappa shape index (κ3) is 7.38. The monoisotopic (exact) mass is 549 g/mol. The van der Waals surface area contributed by atoms with E-state index in [9.17, 15) is 18.0 Å². The zero-order chi connectivity index (χ0) is 27.2. The summed E-state index contributed by atoms with van der Waals surface area (Å²) in [7, 11) is -2.28. The molecule has 0 aliphatic heterocycles. The molecule has 3 rings (SSSR count). The van der Waals surface area contributed by atoms with Crippen molar-refractivity contribution in [3.8, 4) is 5.75 Å². The van der Waals surface area contributed by atoms with Crippen LogP contribution in [0, 0.1) is 6.92 Å². The van der Waals surface area contributed by atoms with Gasteiger partial charge in [-0.25, -0.2) is 8.42 Å². The van der Waals surface area contributed by atoms with E-state index in [1.54, 1.807) is 44.4 Å². The first kappa shape index (κ1) is 28.8. The smallest absolute Gasteiger partial charge is 0.244 e. The van der Waals surface area contributed by atoms with Crippen molar-refractivity contribution in [2.45, 2.75) is 64.6 Å². The van der Waals surface area contributed by atoms with Gasteiger partial charge < -0.3 is 15.0 Å². The Balaban J connectivity index is 1.96. The molecule has 0 unspecified atom stereocenters. The van der Waals surface area contributed by atoms with Crippen LogP contribution in [0.5, 0.6) is 5.75 Å². The maximum absolute atomic E-state index is 13.8. The molecule has 1 N–H and O–H groups in total. The summed E-state index contributed by atoms with van der Waals surface area (Å²) in [5.41, 5.74) is 1.64. The summed E-state index contributed by atoms with van der Waals surface area (Å²) in [5.74, 6) is -0.0859. The van der Waals surface area contributed by atoms with Crippen LogP contribution in [0.3, 0.4) is 0 Å². The number of rotatable bonds is 11. The second kappa shape index (κ2) is 12.6. The molecule has 2 aromatic rings. The number of sulfonamides is 1. The van der Waals surface area contributed by atoms with E-state index in [1.165, 1.54) is 4.90 Å². The van der Waals surface area contributed by atoms with Gasteiger partial charge >= 0.3 is 0 Å². The number of nitrogens with zero attached hydrogens (tertiary/aromatic N) is 2. The van der Waals surface area contributed by atoms with Crippen LogP contribution in [0.2, 0.25) is 5.02 Å². The molecule has 1 saturated carbocycles. The summed E-state index contributed by atoms with van der Waals surface area (Å²) in [5, 5.41) is 3.50. The standard InChI is InChI=1S/C27H36ClN3O5S/c1-5-24(27(33)29-21-11-6-7-12-21)30(17-20-10-8-13-22(16-20)36-3)26(32)18-31(37(4,34)35)25-15-9-14-23(28)19(25)2/h8-10,13-16,21,24H,5-7,11-12,17-18H2,1-4H3,(H,29,33)/t24-/m0/s1. The van der Waals surface area contributed by atoms with E-state index in [4.69, 9.17) is 16.3 Å². The van der Waals surface area contributed by atoms with E-state index in [-0.39, 0.29) is 18.5 Å². The number of hydrogen-bond donors (Lipinski definition) is 1. The Hall–Kier alpha value is -2.78. The van der Waals surface area contributed by atoms with E-state index in [0.717, 1.165) is 41.8 Å². The molecule has 1 aliphatic rings. The molecule has 8 nitrogen and oxygen atoms in total. The first-order valence-corrected chi connectivity index (χ1v) is 14.7. The molecule has 2 aromatic carbocycles. The minimum Gasteiger partial charge on any atom is -0.497 e. The highest BCUT2D eigenvalue weighted by Crippen LogP contribution is 2.29. The summed E-state index contributed by atoms with van der Waals surface area (Å²) in [6, 6.07) is 11.5. The molecule has 1 atom stereocenters. The van der Waals surface area contributed by atoms with Gasteiger partial charge in [0.25, 0.3) is 0 Å². The third-order valence-electron chi connectivity index (χ3n) is 6.76. The van der Waals surface area contributed by atoms with Crippen LogP contribution in [-0.4, -0.2) is 57.1 Å². The number of anilines is 1. The topological polar surface area (TPSA) is 96.0 Å². The predicted octanol–water partition coefficient (Wildman–Crippen LogP) is 4.29. The third-order valence-corrected chi connectivity index (χ3v) is 8.30. The zero-order valence-electron chi connectivity index (χ0n) is 21.9. The summed E-state index contributed by atoms with van der Waals surface area (Å²) < 4.78 is 32.0. The van der Waals surface area contributed by atoms with Crippen LogP contribution in [0.25, 0.3) is 0 Å². The number of nitrogens with one attached hydrogen (secondary N) is 1. The van der Waals surface area contributed by atoms with E-state index in [1.807, 2.05) is 19.1 Å². The van der Waals surface area contributed by atoms with Gasteiger partial charge in [0, 0.05) is 17.6 Å². The van der Waals surface area contributed by atoms with Crippen molar-refractivity contribution < 1.29 is 22.7 Å². The minimum atomic E-state index is -3.83. The molecule has 0 radical (unpaired) electrons. The second-order valence-electron chi connectivity index (χ2n) is 9.44. The minimum absolute atomic E-state index is 0.0944. The van der Waals surface area contributed by atoms with Gasteiger partial charge in [-0.2, -0.15) is 0 Å². The highest BCUT2D eigenvalue weighted by atomic mass is 35.5. The van der Waals surface area contributed by atoms with Gasteiger partial charge in [0.05, 0.1) is 19.1 Å². The fraction of sp³-hybridized carbons (Fsp3) is 0.481. The van der Waals surface area contributed by atoms with Crippen LogP contribution in [0.1, 0.15) is 50.2 Å². The van der Waals surface area contributed by atoms with E-state index in [0.29, 0.717) is 28.4 Å². The molecule has 202 valence electrons. The lowest BCUT2D eigenvalue weighted by molar-refractivity contribution is -0.140. The van der Waals surface area contributed by atoms with Crippen LogP contribution < -0.4 is 14.4 Å². The van der Waals surface area contributed by atoms with Crippen LogP contribution >= 0.6 is 11.6 Å². The molecular weight excluding hydrogens is 514 g/mol. The predicted molar refractivity (Wildman–Crippen MR) is 146 cm³/mol. The Labute approximate surface area is 225 Å². The van der Waals surface area contributed by atoms with Crippen LogP contribution in [0.15, 0.2) is 42.5 Å². The van der Waals surface area contributed by atoms with Gasteiger partial charge in [0.2, 0.25) is 21.8 Å². The number of methoxy groups -OCH3 is 1. The van der Waals surface area contributed by atoms with Crippen molar-refractivity contribution in [2.24, 2.45) is 0 Å². The normalized spacial score (nSPS) is 14.7. The maximum Gasteiger partial charge on any atom is 0.244 e. The number of halogens is 1. The number of ether oxygens (including phenoxy) is 1. The fourth-order valence-electron chi connectivity index (χ4n) is 4.72. The van der Waals surface area contributed by atoms with Gasteiger partial charge in [0.15, 0.2) is 0 Å². The van der Waals surface area contributed by atoms with Gasteiger partial charge in [-0.1, -0.05) is 49.6 Å². The second-order valence-corrected chi connectivity index (χ2v) is 11.8. The molecule has 0 heterocycles. The van der Waals surface area contributed by atoms with Gasteiger partial charge in [-0.3, -0.25) is 13.9 Å².